The van der Waals surface area contributed by atoms with Gasteiger partial charge in [0.2, 0.25) is 5.91 Å². The van der Waals surface area contributed by atoms with E-state index in [1.165, 1.54) is 11.8 Å². The second-order valence-electron chi connectivity index (χ2n) is 4.74. The van der Waals surface area contributed by atoms with Crippen LogP contribution in [0.4, 0.5) is 4.79 Å². The summed E-state index contributed by atoms with van der Waals surface area (Å²) in [5.74, 6) is 0.976. The smallest absolute Gasteiger partial charge is 0.279 e. The van der Waals surface area contributed by atoms with E-state index in [1.54, 1.807) is 4.90 Å². The molecule has 1 saturated heterocycles. The van der Waals surface area contributed by atoms with E-state index >= 15 is 0 Å². The molecule has 1 saturated carbocycles. The number of nitrogens with two attached hydrogens (primary N) is 1. The van der Waals surface area contributed by atoms with Gasteiger partial charge in [0.25, 0.3) is 5.24 Å². The standard InChI is InChI=1S/C11H19N3O2S/c1-14(9-4-2-3-7(9)5-12)10(15)8-6-17-11(16)13-8/h7-9H,2-6,12H2,1H3,(H,13,16). The van der Waals surface area contributed by atoms with Crippen LogP contribution < -0.4 is 11.1 Å². The van der Waals surface area contributed by atoms with E-state index in [4.69, 9.17) is 5.73 Å². The first kappa shape index (κ1) is 12.7. The van der Waals surface area contributed by atoms with E-state index < -0.39 is 0 Å². The Bertz CT molecular complexity index is 324. The summed E-state index contributed by atoms with van der Waals surface area (Å²) in [5, 5.41) is 2.59. The predicted molar refractivity (Wildman–Crippen MR) is 67.7 cm³/mol. The van der Waals surface area contributed by atoms with Crippen LogP contribution in [0.3, 0.4) is 0 Å². The Morgan fingerprint density at radius 2 is 2.35 bits per heavy atom. The van der Waals surface area contributed by atoms with E-state index in [-0.39, 0.29) is 23.2 Å². The normalized spacial score (nSPS) is 32.6. The summed E-state index contributed by atoms with van der Waals surface area (Å²) in [7, 11) is 1.83. The molecule has 0 aromatic rings. The Hall–Kier alpha value is -0.750. The van der Waals surface area contributed by atoms with Gasteiger partial charge in [-0.15, -0.1) is 0 Å². The Morgan fingerprint density at radius 1 is 1.59 bits per heavy atom. The van der Waals surface area contributed by atoms with E-state index in [0.717, 1.165) is 19.3 Å². The van der Waals surface area contributed by atoms with Crippen molar-refractivity contribution in [2.75, 3.05) is 19.3 Å². The number of amides is 2. The van der Waals surface area contributed by atoms with Gasteiger partial charge in [-0.1, -0.05) is 18.2 Å². The van der Waals surface area contributed by atoms with E-state index in [2.05, 4.69) is 5.32 Å². The van der Waals surface area contributed by atoms with E-state index in [9.17, 15) is 9.59 Å². The van der Waals surface area contributed by atoms with Gasteiger partial charge < -0.3 is 16.0 Å². The molecule has 1 aliphatic heterocycles. The van der Waals surface area contributed by atoms with Gasteiger partial charge in [0.1, 0.15) is 6.04 Å². The second kappa shape index (κ2) is 5.27. The molecule has 2 rings (SSSR count). The summed E-state index contributed by atoms with van der Waals surface area (Å²) >= 11 is 1.18. The molecule has 6 heteroatoms. The maximum Gasteiger partial charge on any atom is 0.279 e. The van der Waals surface area contributed by atoms with Gasteiger partial charge in [-0.25, -0.2) is 0 Å². The van der Waals surface area contributed by atoms with Gasteiger partial charge in [-0.2, -0.15) is 0 Å². The third-order valence-corrected chi connectivity index (χ3v) is 4.62. The molecule has 1 heterocycles. The van der Waals surface area contributed by atoms with Crippen molar-refractivity contribution in [2.24, 2.45) is 11.7 Å². The molecule has 0 bridgehead atoms. The lowest BCUT2D eigenvalue weighted by molar-refractivity contribution is -0.133. The van der Waals surface area contributed by atoms with Crippen molar-refractivity contribution in [3.63, 3.8) is 0 Å². The Kier molecular flexibility index (Phi) is 3.93. The summed E-state index contributed by atoms with van der Waals surface area (Å²) in [6.07, 6.45) is 3.26. The zero-order chi connectivity index (χ0) is 12.4. The third-order valence-electron chi connectivity index (χ3n) is 3.74. The van der Waals surface area contributed by atoms with Gasteiger partial charge >= 0.3 is 0 Å². The quantitative estimate of drug-likeness (QED) is 0.767. The van der Waals surface area contributed by atoms with Crippen molar-refractivity contribution in [2.45, 2.75) is 31.3 Å². The highest BCUT2D eigenvalue weighted by atomic mass is 32.2. The number of hydrogen-bond donors (Lipinski definition) is 2. The fourth-order valence-corrected chi connectivity index (χ4v) is 3.50. The second-order valence-corrected chi connectivity index (χ2v) is 5.73. The molecule has 1 aliphatic carbocycles. The molecule has 3 unspecified atom stereocenters. The highest BCUT2D eigenvalue weighted by Gasteiger charge is 2.36. The highest BCUT2D eigenvalue weighted by molar-refractivity contribution is 8.14. The minimum atomic E-state index is -0.350. The average molecular weight is 257 g/mol. The average Bonchev–Trinajstić information content (AvgIpc) is 2.95. The Morgan fingerprint density at radius 3 is 2.94 bits per heavy atom. The SMILES string of the molecule is CN(C(=O)C1CSC(=O)N1)C1CCCC1CN. The van der Waals surface area contributed by atoms with Crippen molar-refractivity contribution < 1.29 is 9.59 Å². The van der Waals surface area contributed by atoms with Crippen molar-refractivity contribution in [3.8, 4) is 0 Å². The van der Waals surface area contributed by atoms with Crippen LogP contribution in [-0.2, 0) is 4.79 Å². The molecule has 5 nitrogen and oxygen atoms in total. The summed E-state index contributed by atoms with van der Waals surface area (Å²) in [6, 6.07) is -0.105. The highest BCUT2D eigenvalue weighted by Crippen LogP contribution is 2.29. The molecule has 2 fully saturated rings. The van der Waals surface area contributed by atoms with Crippen LogP contribution in [0.15, 0.2) is 0 Å². The van der Waals surface area contributed by atoms with Gasteiger partial charge in [-0.3, -0.25) is 9.59 Å². The zero-order valence-electron chi connectivity index (χ0n) is 10.0. The monoisotopic (exact) mass is 257 g/mol. The maximum atomic E-state index is 12.2. The van der Waals surface area contributed by atoms with Crippen LogP contribution in [0.25, 0.3) is 0 Å². The summed E-state index contributed by atoms with van der Waals surface area (Å²) in [4.78, 5) is 25.1. The summed E-state index contributed by atoms with van der Waals surface area (Å²) in [6.45, 7) is 0.633. The van der Waals surface area contributed by atoms with Crippen LogP contribution in [0.1, 0.15) is 19.3 Å². The van der Waals surface area contributed by atoms with Crippen molar-refractivity contribution >= 4 is 22.9 Å². The molecule has 96 valence electrons. The van der Waals surface area contributed by atoms with E-state index in [0.29, 0.717) is 18.2 Å². The lowest BCUT2D eigenvalue weighted by atomic mass is 10.0. The van der Waals surface area contributed by atoms with Gasteiger partial charge in [0.15, 0.2) is 0 Å². The van der Waals surface area contributed by atoms with Crippen LogP contribution in [-0.4, -0.2) is 47.5 Å². The van der Waals surface area contributed by atoms with Crippen LogP contribution in [0.5, 0.6) is 0 Å². The fraction of sp³-hybridized carbons (Fsp3) is 0.818. The predicted octanol–water partition coefficient (Wildman–Crippen LogP) is 0.397. The van der Waals surface area contributed by atoms with Gasteiger partial charge in [0, 0.05) is 18.8 Å². The van der Waals surface area contributed by atoms with Gasteiger partial charge in [0.05, 0.1) is 0 Å². The summed E-state index contributed by atoms with van der Waals surface area (Å²) in [5.41, 5.74) is 5.73. The molecule has 17 heavy (non-hydrogen) atoms. The number of likely N-dealkylation sites (N-methyl/N-ethyl adjacent to an activating group) is 1. The maximum absolute atomic E-state index is 12.2. The first-order chi connectivity index (χ1) is 8.13. The number of carbonyl (C=O) groups is 2. The molecule has 0 aromatic carbocycles. The van der Waals surface area contributed by atoms with Gasteiger partial charge in [-0.05, 0) is 25.3 Å². The molecule has 3 atom stereocenters. The van der Waals surface area contributed by atoms with Crippen LogP contribution in [0, 0.1) is 5.92 Å². The fourth-order valence-electron chi connectivity index (χ4n) is 2.73. The number of hydrogen-bond acceptors (Lipinski definition) is 4. The lowest BCUT2D eigenvalue weighted by Crippen LogP contribution is -2.49. The zero-order valence-corrected chi connectivity index (χ0v) is 10.8. The number of carbonyl (C=O) groups excluding carboxylic acids is 2. The summed E-state index contributed by atoms with van der Waals surface area (Å²) < 4.78 is 0. The molecule has 3 N–H and O–H groups in total. The Balaban J connectivity index is 1.97. The molecular formula is C11H19N3O2S. The van der Waals surface area contributed by atoms with E-state index in [1.807, 2.05) is 7.05 Å². The first-order valence-electron chi connectivity index (χ1n) is 6.03. The van der Waals surface area contributed by atoms with Crippen LogP contribution >= 0.6 is 11.8 Å². The third kappa shape index (κ3) is 2.57. The number of nitrogens with one attached hydrogen (secondary N) is 1. The number of rotatable bonds is 3. The largest absolute Gasteiger partial charge is 0.341 e. The minimum Gasteiger partial charge on any atom is -0.341 e. The molecule has 0 aromatic heterocycles. The molecule has 2 amide bonds. The number of thioether (sulfide) groups is 1. The minimum absolute atomic E-state index is 0.0219. The van der Waals surface area contributed by atoms with Crippen molar-refractivity contribution in [1.82, 2.24) is 10.2 Å². The lowest BCUT2D eigenvalue weighted by Gasteiger charge is -2.30. The molecular weight excluding hydrogens is 238 g/mol. The van der Waals surface area contributed by atoms with Crippen LogP contribution in [0.2, 0.25) is 0 Å². The molecule has 0 radical (unpaired) electrons. The number of nitrogens with zero attached hydrogens (tertiary/aromatic N) is 1. The molecule has 0 spiro atoms. The molecule has 2 aliphatic rings. The van der Waals surface area contributed by atoms with Crippen molar-refractivity contribution in [3.05, 3.63) is 0 Å². The van der Waals surface area contributed by atoms with Crippen molar-refractivity contribution in [1.29, 1.82) is 0 Å². The Labute approximate surface area is 105 Å². The topological polar surface area (TPSA) is 75.4 Å². The first-order valence-corrected chi connectivity index (χ1v) is 7.02.